The number of hydrazine groups is 1. The lowest BCUT2D eigenvalue weighted by molar-refractivity contribution is 0.778. The van der Waals surface area contributed by atoms with Crippen molar-refractivity contribution in [3.05, 3.63) is 21.9 Å². The molecule has 0 aliphatic rings. The highest BCUT2D eigenvalue weighted by atomic mass is 79.9. The van der Waals surface area contributed by atoms with Gasteiger partial charge in [0.25, 0.3) is 0 Å². The third kappa shape index (κ3) is 2.36. The molecule has 3 N–H and O–H groups in total. The fourth-order valence-corrected chi connectivity index (χ4v) is 2.16. The number of halogens is 1. The number of thioether (sulfide) groups is 1. The van der Waals surface area contributed by atoms with Crippen LogP contribution < -0.4 is 11.3 Å². The maximum Gasteiger partial charge on any atom is 0.191 e. The standard InChI is InChI=1S/C10H13BrN6S/c1-5-9(11)6(2)17(16-5)8-4-7(15-12)13-10(14-8)18-3/h4H,12H2,1-3H3,(H,13,14,15). The second-order valence-electron chi connectivity index (χ2n) is 3.64. The van der Waals surface area contributed by atoms with Gasteiger partial charge in [0.1, 0.15) is 5.82 Å². The average Bonchev–Trinajstić information content (AvgIpc) is 2.65. The molecule has 0 atom stereocenters. The minimum absolute atomic E-state index is 0.563. The van der Waals surface area contributed by atoms with Crippen LogP contribution >= 0.6 is 27.7 Å². The number of nitrogens with zero attached hydrogens (tertiary/aromatic N) is 4. The van der Waals surface area contributed by atoms with Crippen LogP contribution in [0.1, 0.15) is 11.4 Å². The minimum atomic E-state index is 0.563. The van der Waals surface area contributed by atoms with Gasteiger partial charge in [-0.2, -0.15) is 5.10 Å². The summed E-state index contributed by atoms with van der Waals surface area (Å²) < 4.78 is 2.75. The molecule has 18 heavy (non-hydrogen) atoms. The predicted octanol–water partition coefficient (Wildman–Crippen LogP) is 2.05. The Labute approximate surface area is 117 Å². The van der Waals surface area contributed by atoms with Gasteiger partial charge in [0.2, 0.25) is 0 Å². The molecule has 8 heteroatoms. The molecule has 0 fully saturated rings. The number of aromatic nitrogens is 4. The molecule has 0 radical (unpaired) electrons. The van der Waals surface area contributed by atoms with Crippen LogP contribution in [0.2, 0.25) is 0 Å². The van der Waals surface area contributed by atoms with Gasteiger partial charge in [0, 0.05) is 6.07 Å². The Balaban J connectivity index is 2.59. The summed E-state index contributed by atoms with van der Waals surface area (Å²) in [5, 5.41) is 5.08. The van der Waals surface area contributed by atoms with Crippen LogP contribution in [0.5, 0.6) is 0 Å². The van der Waals surface area contributed by atoms with E-state index < -0.39 is 0 Å². The topological polar surface area (TPSA) is 81.6 Å². The largest absolute Gasteiger partial charge is 0.308 e. The molecule has 6 nitrogen and oxygen atoms in total. The Morgan fingerprint density at radius 3 is 2.61 bits per heavy atom. The van der Waals surface area contributed by atoms with Crippen molar-refractivity contribution < 1.29 is 0 Å². The van der Waals surface area contributed by atoms with E-state index >= 15 is 0 Å². The van der Waals surface area contributed by atoms with Crippen LogP contribution in [0.15, 0.2) is 15.7 Å². The number of nitrogens with two attached hydrogens (primary N) is 1. The van der Waals surface area contributed by atoms with Gasteiger partial charge in [-0.05, 0) is 36.0 Å². The van der Waals surface area contributed by atoms with Crippen molar-refractivity contribution in [2.75, 3.05) is 11.7 Å². The monoisotopic (exact) mass is 328 g/mol. The number of hydrogen-bond donors (Lipinski definition) is 2. The maximum absolute atomic E-state index is 5.41. The van der Waals surface area contributed by atoms with E-state index in [9.17, 15) is 0 Å². The van der Waals surface area contributed by atoms with Crippen molar-refractivity contribution in [2.24, 2.45) is 5.84 Å². The summed E-state index contributed by atoms with van der Waals surface area (Å²) in [6, 6.07) is 1.76. The maximum atomic E-state index is 5.41. The minimum Gasteiger partial charge on any atom is -0.308 e. The molecule has 0 amide bonds. The molecule has 0 aliphatic heterocycles. The first-order chi connectivity index (χ1) is 8.56. The molecule has 0 saturated heterocycles. The van der Waals surface area contributed by atoms with Crippen LogP contribution in [0.25, 0.3) is 5.82 Å². The fraction of sp³-hybridized carbons (Fsp3) is 0.300. The SMILES string of the molecule is CSc1nc(NN)cc(-n2nc(C)c(Br)c2C)n1. The second-order valence-corrected chi connectivity index (χ2v) is 5.21. The van der Waals surface area contributed by atoms with Crippen molar-refractivity contribution in [1.82, 2.24) is 19.7 Å². The van der Waals surface area contributed by atoms with Gasteiger partial charge in [-0.3, -0.25) is 0 Å². The van der Waals surface area contributed by atoms with E-state index in [2.05, 4.69) is 36.4 Å². The van der Waals surface area contributed by atoms with Crippen molar-refractivity contribution in [2.45, 2.75) is 19.0 Å². The number of anilines is 1. The molecule has 0 aromatic carbocycles. The Morgan fingerprint density at radius 2 is 2.11 bits per heavy atom. The van der Waals surface area contributed by atoms with Crippen LogP contribution in [0, 0.1) is 13.8 Å². The zero-order chi connectivity index (χ0) is 13.3. The number of rotatable bonds is 3. The summed E-state index contributed by atoms with van der Waals surface area (Å²) >= 11 is 4.95. The normalized spacial score (nSPS) is 10.7. The van der Waals surface area contributed by atoms with Crippen molar-refractivity contribution >= 4 is 33.5 Å². The first-order valence-electron chi connectivity index (χ1n) is 5.18. The van der Waals surface area contributed by atoms with E-state index in [1.165, 1.54) is 11.8 Å². The van der Waals surface area contributed by atoms with Gasteiger partial charge >= 0.3 is 0 Å². The van der Waals surface area contributed by atoms with Gasteiger partial charge in [-0.15, -0.1) is 0 Å². The van der Waals surface area contributed by atoms with Gasteiger partial charge in [-0.1, -0.05) is 11.8 Å². The first-order valence-corrected chi connectivity index (χ1v) is 7.20. The molecule has 2 rings (SSSR count). The molecule has 0 saturated carbocycles. The lowest BCUT2D eigenvalue weighted by atomic mass is 10.4. The lowest BCUT2D eigenvalue weighted by Gasteiger charge is -2.07. The second kappa shape index (κ2) is 5.25. The molecule has 0 spiro atoms. The molecule has 2 aromatic heterocycles. The highest BCUT2D eigenvalue weighted by molar-refractivity contribution is 9.10. The first kappa shape index (κ1) is 13.3. The predicted molar refractivity (Wildman–Crippen MR) is 75.9 cm³/mol. The van der Waals surface area contributed by atoms with Gasteiger partial charge < -0.3 is 5.43 Å². The molecule has 2 heterocycles. The number of aryl methyl sites for hydroxylation is 1. The highest BCUT2D eigenvalue weighted by Crippen LogP contribution is 2.24. The summed E-state index contributed by atoms with van der Waals surface area (Å²) in [5.74, 6) is 6.66. The number of nitrogen functional groups attached to an aromatic ring is 1. The molecular weight excluding hydrogens is 316 g/mol. The van der Waals surface area contributed by atoms with Crippen LogP contribution in [0.3, 0.4) is 0 Å². The molecule has 0 aliphatic carbocycles. The third-order valence-electron chi connectivity index (χ3n) is 2.44. The van der Waals surface area contributed by atoms with Gasteiger partial charge in [0.15, 0.2) is 11.0 Å². The van der Waals surface area contributed by atoms with Gasteiger partial charge in [-0.25, -0.2) is 20.5 Å². The van der Waals surface area contributed by atoms with Crippen molar-refractivity contribution in [3.63, 3.8) is 0 Å². The van der Waals surface area contributed by atoms with Crippen LogP contribution in [-0.2, 0) is 0 Å². The quantitative estimate of drug-likeness (QED) is 0.388. The summed E-state index contributed by atoms with van der Waals surface area (Å²) in [4.78, 5) is 8.64. The van der Waals surface area contributed by atoms with Crippen LogP contribution in [0.4, 0.5) is 5.82 Å². The lowest BCUT2D eigenvalue weighted by Crippen LogP contribution is -2.12. The fourth-order valence-electron chi connectivity index (χ4n) is 1.53. The Morgan fingerprint density at radius 1 is 1.39 bits per heavy atom. The number of nitrogens with one attached hydrogen (secondary N) is 1. The van der Waals surface area contributed by atoms with E-state index in [1.54, 1.807) is 10.7 Å². The van der Waals surface area contributed by atoms with E-state index in [0.717, 1.165) is 15.9 Å². The van der Waals surface area contributed by atoms with Gasteiger partial charge in [0.05, 0.1) is 15.9 Å². The molecule has 0 unspecified atom stereocenters. The smallest absolute Gasteiger partial charge is 0.191 e. The highest BCUT2D eigenvalue weighted by Gasteiger charge is 2.13. The van der Waals surface area contributed by atoms with E-state index in [0.29, 0.717) is 16.8 Å². The van der Waals surface area contributed by atoms with Crippen molar-refractivity contribution in [3.8, 4) is 5.82 Å². The number of hydrogen-bond acceptors (Lipinski definition) is 6. The average molecular weight is 329 g/mol. The molecular formula is C10H13BrN6S. The zero-order valence-electron chi connectivity index (χ0n) is 10.2. The Hall–Kier alpha value is -1.12. The molecule has 0 bridgehead atoms. The van der Waals surface area contributed by atoms with E-state index in [-0.39, 0.29) is 0 Å². The van der Waals surface area contributed by atoms with Crippen LogP contribution in [-0.4, -0.2) is 26.0 Å². The Bertz CT molecular complexity index is 560. The van der Waals surface area contributed by atoms with E-state index in [1.807, 2.05) is 20.1 Å². The summed E-state index contributed by atoms with van der Waals surface area (Å²) in [7, 11) is 0. The Kier molecular flexibility index (Phi) is 3.88. The molecule has 96 valence electrons. The molecule has 2 aromatic rings. The summed E-state index contributed by atoms with van der Waals surface area (Å²) in [6.07, 6.45) is 1.91. The third-order valence-corrected chi connectivity index (χ3v) is 4.14. The van der Waals surface area contributed by atoms with E-state index in [4.69, 9.17) is 5.84 Å². The zero-order valence-corrected chi connectivity index (χ0v) is 12.6. The summed E-state index contributed by atoms with van der Waals surface area (Å²) in [5.41, 5.74) is 4.44. The summed E-state index contributed by atoms with van der Waals surface area (Å²) in [6.45, 7) is 3.91. The van der Waals surface area contributed by atoms with Crippen molar-refractivity contribution in [1.29, 1.82) is 0 Å².